The van der Waals surface area contributed by atoms with Gasteiger partial charge in [-0.1, -0.05) is 18.5 Å². The van der Waals surface area contributed by atoms with E-state index in [0.29, 0.717) is 0 Å². The molecule has 0 radical (unpaired) electrons. The molecule has 0 aliphatic carbocycles. The van der Waals surface area contributed by atoms with Crippen molar-refractivity contribution in [3.05, 3.63) is 28.5 Å². The Morgan fingerprint density at radius 1 is 1.42 bits per heavy atom. The summed E-state index contributed by atoms with van der Waals surface area (Å²) < 4.78 is 39.6. The minimum atomic E-state index is -3.80. The zero-order valence-corrected chi connectivity index (χ0v) is 12.6. The summed E-state index contributed by atoms with van der Waals surface area (Å²) in [5.41, 5.74) is 0.0556. The predicted octanol–water partition coefficient (Wildman–Crippen LogP) is 2.39. The molecular formula is C12H17ClFNO3S. The molecule has 0 aliphatic heterocycles. The van der Waals surface area contributed by atoms with E-state index in [1.807, 2.05) is 0 Å². The monoisotopic (exact) mass is 309 g/mol. The number of aliphatic hydroxyl groups excluding tert-OH is 1. The van der Waals surface area contributed by atoms with Crippen LogP contribution in [0.15, 0.2) is 17.0 Å². The normalized spacial score (nSPS) is 12.4. The van der Waals surface area contributed by atoms with Crippen LogP contribution in [-0.2, 0) is 16.6 Å². The lowest BCUT2D eigenvalue weighted by atomic mass is 10.2. The maximum Gasteiger partial charge on any atom is 0.243 e. The van der Waals surface area contributed by atoms with Gasteiger partial charge in [0.1, 0.15) is 5.82 Å². The first-order valence-electron chi connectivity index (χ1n) is 5.86. The van der Waals surface area contributed by atoms with Crippen LogP contribution in [0.25, 0.3) is 0 Å². The summed E-state index contributed by atoms with van der Waals surface area (Å²) in [6, 6.07) is 1.83. The summed E-state index contributed by atoms with van der Waals surface area (Å²) in [5, 5.41) is 8.82. The van der Waals surface area contributed by atoms with E-state index in [0.717, 1.165) is 6.07 Å². The summed E-state index contributed by atoms with van der Waals surface area (Å²) in [4.78, 5) is -0.200. The summed E-state index contributed by atoms with van der Waals surface area (Å²) in [7, 11) is -3.80. The molecule has 0 atom stereocenters. The number of halogens is 2. The van der Waals surface area contributed by atoms with Crippen molar-refractivity contribution in [3.8, 4) is 0 Å². The van der Waals surface area contributed by atoms with Crippen molar-refractivity contribution >= 4 is 21.6 Å². The van der Waals surface area contributed by atoms with Gasteiger partial charge in [0, 0.05) is 18.2 Å². The average Bonchev–Trinajstić information content (AvgIpc) is 2.32. The van der Waals surface area contributed by atoms with Crippen molar-refractivity contribution in [3.63, 3.8) is 0 Å². The van der Waals surface area contributed by atoms with Crippen LogP contribution in [0.2, 0.25) is 5.02 Å². The van der Waals surface area contributed by atoms with Gasteiger partial charge < -0.3 is 5.11 Å². The van der Waals surface area contributed by atoms with Crippen molar-refractivity contribution < 1.29 is 17.9 Å². The van der Waals surface area contributed by atoms with Crippen molar-refractivity contribution in [2.24, 2.45) is 0 Å². The van der Waals surface area contributed by atoms with Crippen LogP contribution in [0.3, 0.4) is 0 Å². The van der Waals surface area contributed by atoms with Crippen molar-refractivity contribution in [2.45, 2.75) is 38.3 Å². The molecule has 19 heavy (non-hydrogen) atoms. The molecule has 1 aromatic carbocycles. The smallest absolute Gasteiger partial charge is 0.243 e. The fraction of sp³-hybridized carbons (Fsp3) is 0.500. The van der Waals surface area contributed by atoms with Crippen LogP contribution in [0.1, 0.15) is 26.3 Å². The first-order valence-corrected chi connectivity index (χ1v) is 7.68. The van der Waals surface area contributed by atoms with Gasteiger partial charge in [0.05, 0.1) is 16.5 Å². The Morgan fingerprint density at radius 2 is 2.00 bits per heavy atom. The van der Waals surface area contributed by atoms with E-state index in [4.69, 9.17) is 16.7 Å². The van der Waals surface area contributed by atoms with Crippen molar-refractivity contribution in [1.29, 1.82) is 0 Å². The van der Waals surface area contributed by atoms with Crippen LogP contribution in [0.5, 0.6) is 0 Å². The third-order valence-corrected chi connectivity index (χ3v) is 5.29. The molecule has 0 unspecified atom stereocenters. The number of hydrogen-bond donors (Lipinski definition) is 1. The largest absolute Gasteiger partial charge is 0.392 e. The molecule has 0 saturated carbocycles. The van der Waals surface area contributed by atoms with Gasteiger partial charge in [-0.25, -0.2) is 12.8 Å². The molecule has 1 rings (SSSR count). The molecular weight excluding hydrogens is 293 g/mol. The third-order valence-electron chi connectivity index (χ3n) is 2.74. The third kappa shape index (κ3) is 3.25. The minimum absolute atomic E-state index is 0.0556. The van der Waals surface area contributed by atoms with E-state index in [2.05, 4.69) is 0 Å². The number of sulfonamides is 1. The molecule has 0 fully saturated rings. The number of hydrogen-bond acceptors (Lipinski definition) is 3. The second-order valence-electron chi connectivity index (χ2n) is 4.34. The molecule has 1 aromatic rings. The quantitative estimate of drug-likeness (QED) is 0.908. The van der Waals surface area contributed by atoms with Crippen molar-refractivity contribution in [2.75, 3.05) is 6.54 Å². The maximum atomic E-state index is 13.6. The molecule has 0 heterocycles. The molecule has 7 heteroatoms. The highest BCUT2D eigenvalue weighted by molar-refractivity contribution is 7.89. The van der Waals surface area contributed by atoms with E-state index < -0.39 is 22.4 Å². The molecule has 0 spiro atoms. The van der Waals surface area contributed by atoms with Crippen LogP contribution < -0.4 is 0 Å². The van der Waals surface area contributed by atoms with Crippen LogP contribution in [0, 0.1) is 5.82 Å². The zero-order valence-electron chi connectivity index (χ0n) is 11.0. The van der Waals surface area contributed by atoms with E-state index in [-0.39, 0.29) is 28.1 Å². The predicted molar refractivity (Wildman–Crippen MR) is 72.0 cm³/mol. The van der Waals surface area contributed by atoms with Gasteiger partial charge in [0.25, 0.3) is 0 Å². The Bertz CT molecular complexity index is 560. The molecule has 108 valence electrons. The molecule has 0 aromatic heterocycles. The molecule has 1 N–H and O–H groups in total. The molecule has 0 amide bonds. The lowest BCUT2D eigenvalue weighted by molar-refractivity contribution is 0.281. The summed E-state index contributed by atoms with van der Waals surface area (Å²) >= 11 is 5.65. The van der Waals surface area contributed by atoms with Crippen LogP contribution in [0.4, 0.5) is 4.39 Å². The number of rotatable bonds is 5. The van der Waals surface area contributed by atoms with E-state index >= 15 is 0 Å². The van der Waals surface area contributed by atoms with Gasteiger partial charge in [-0.05, 0) is 26.0 Å². The van der Waals surface area contributed by atoms with Crippen LogP contribution in [-0.4, -0.2) is 30.4 Å². The minimum Gasteiger partial charge on any atom is -0.392 e. The number of benzene rings is 1. The second kappa shape index (κ2) is 6.17. The van der Waals surface area contributed by atoms with Crippen LogP contribution >= 0.6 is 11.6 Å². The first kappa shape index (κ1) is 16.4. The van der Waals surface area contributed by atoms with Gasteiger partial charge in [-0.15, -0.1) is 0 Å². The molecule has 0 saturated heterocycles. The summed E-state index contributed by atoms with van der Waals surface area (Å²) in [6.45, 7) is 4.93. The van der Waals surface area contributed by atoms with E-state index in [1.165, 1.54) is 10.4 Å². The Hall–Kier alpha value is -0.690. The summed E-state index contributed by atoms with van der Waals surface area (Å²) in [5.74, 6) is -0.855. The van der Waals surface area contributed by atoms with Gasteiger partial charge in [0.15, 0.2) is 0 Å². The highest BCUT2D eigenvalue weighted by Crippen LogP contribution is 2.27. The Labute approximate surface area is 117 Å². The van der Waals surface area contributed by atoms with Gasteiger partial charge >= 0.3 is 0 Å². The summed E-state index contributed by atoms with van der Waals surface area (Å²) in [6.07, 6.45) is 0. The Balaban J connectivity index is 3.41. The molecule has 4 nitrogen and oxygen atoms in total. The lowest BCUT2D eigenvalue weighted by Crippen LogP contribution is -2.36. The zero-order chi connectivity index (χ0) is 14.8. The van der Waals surface area contributed by atoms with Gasteiger partial charge in [-0.3, -0.25) is 0 Å². The van der Waals surface area contributed by atoms with E-state index in [9.17, 15) is 12.8 Å². The van der Waals surface area contributed by atoms with E-state index in [1.54, 1.807) is 20.8 Å². The fourth-order valence-corrected chi connectivity index (χ4v) is 3.71. The fourth-order valence-electron chi connectivity index (χ4n) is 1.83. The van der Waals surface area contributed by atoms with Gasteiger partial charge in [0.2, 0.25) is 10.0 Å². The first-order chi connectivity index (χ1) is 8.75. The Morgan fingerprint density at radius 3 is 2.42 bits per heavy atom. The lowest BCUT2D eigenvalue weighted by Gasteiger charge is -2.24. The number of aliphatic hydroxyl groups is 1. The highest BCUT2D eigenvalue weighted by atomic mass is 35.5. The highest BCUT2D eigenvalue weighted by Gasteiger charge is 2.27. The van der Waals surface area contributed by atoms with Crippen molar-refractivity contribution in [1.82, 2.24) is 4.31 Å². The second-order valence-corrected chi connectivity index (χ2v) is 6.61. The molecule has 0 aliphatic rings. The standard InChI is InChI=1S/C12H17ClFNO3S/c1-4-15(8(2)3)19(17,18)10-5-9(7-16)12(13)11(14)6-10/h5-6,8,16H,4,7H2,1-3H3. The Kier molecular flexibility index (Phi) is 5.32. The topological polar surface area (TPSA) is 57.6 Å². The SMILES string of the molecule is CCN(C(C)C)S(=O)(=O)c1cc(F)c(Cl)c(CO)c1. The van der Waals surface area contributed by atoms with Gasteiger partial charge in [-0.2, -0.15) is 4.31 Å². The average molecular weight is 310 g/mol. The maximum absolute atomic E-state index is 13.6. The number of nitrogens with zero attached hydrogens (tertiary/aromatic N) is 1. The molecule has 0 bridgehead atoms.